The van der Waals surface area contributed by atoms with Gasteiger partial charge in [0.2, 0.25) is 0 Å². The Balaban J connectivity index is 1.90. The Morgan fingerprint density at radius 1 is 1.31 bits per heavy atom. The van der Waals surface area contributed by atoms with Crippen LogP contribution >= 0.6 is 0 Å². The van der Waals surface area contributed by atoms with E-state index < -0.39 is 0 Å². The Kier molecular flexibility index (Phi) is 2.86. The van der Waals surface area contributed by atoms with E-state index in [1.54, 1.807) is 0 Å². The van der Waals surface area contributed by atoms with Gasteiger partial charge in [-0.2, -0.15) is 0 Å². The molecule has 0 aromatic rings. The number of ether oxygens (including phenoxy) is 1. The molecule has 0 amide bonds. The van der Waals surface area contributed by atoms with Crippen molar-refractivity contribution in [3.05, 3.63) is 0 Å². The van der Waals surface area contributed by atoms with Gasteiger partial charge in [0.15, 0.2) is 0 Å². The number of aliphatic hydroxyl groups excluding tert-OH is 1. The molecule has 2 N–H and O–H groups in total. The fourth-order valence-corrected chi connectivity index (χ4v) is 2.10. The monoisotopic (exact) mass is 185 g/mol. The summed E-state index contributed by atoms with van der Waals surface area (Å²) in [4.78, 5) is 0. The Morgan fingerprint density at radius 3 is 2.54 bits per heavy atom. The Morgan fingerprint density at radius 2 is 2.00 bits per heavy atom. The van der Waals surface area contributed by atoms with Gasteiger partial charge >= 0.3 is 0 Å². The normalized spacial score (nSPS) is 27.5. The summed E-state index contributed by atoms with van der Waals surface area (Å²) < 4.78 is 5.35. The van der Waals surface area contributed by atoms with Crippen LogP contribution in [0, 0.1) is 0 Å². The van der Waals surface area contributed by atoms with Gasteiger partial charge in [-0.05, 0) is 32.1 Å². The lowest BCUT2D eigenvalue weighted by Crippen LogP contribution is -2.51. The van der Waals surface area contributed by atoms with Gasteiger partial charge in [0, 0.05) is 31.4 Å². The summed E-state index contributed by atoms with van der Waals surface area (Å²) in [6.45, 7) is 1.99. The quantitative estimate of drug-likeness (QED) is 0.676. The van der Waals surface area contributed by atoms with E-state index in [0.29, 0.717) is 6.61 Å². The Hall–Kier alpha value is -0.120. The van der Waals surface area contributed by atoms with Crippen LogP contribution in [0.25, 0.3) is 0 Å². The minimum Gasteiger partial charge on any atom is -0.396 e. The van der Waals surface area contributed by atoms with Crippen LogP contribution in [0.1, 0.15) is 32.1 Å². The van der Waals surface area contributed by atoms with Crippen LogP contribution < -0.4 is 5.32 Å². The zero-order valence-electron chi connectivity index (χ0n) is 8.09. The fourth-order valence-electron chi connectivity index (χ4n) is 2.10. The van der Waals surface area contributed by atoms with Crippen LogP contribution in [-0.2, 0) is 4.74 Å². The van der Waals surface area contributed by atoms with Crippen LogP contribution in [-0.4, -0.2) is 36.5 Å². The van der Waals surface area contributed by atoms with E-state index in [4.69, 9.17) is 9.84 Å². The molecule has 76 valence electrons. The third kappa shape index (κ3) is 2.42. The van der Waals surface area contributed by atoms with Crippen LogP contribution in [0.5, 0.6) is 0 Å². The molecule has 0 unspecified atom stereocenters. The zero-order valence-corrected chi connectivity index (χ0v) is 8.09. The second-order valence-corrected chi connectivity index (χ2v) is 4.28. The number of nitrogens with one attached hydrogen (secondary N) is 1. The minimum atomic E-state index is 0.189. The lowest BCUT2D eigenvalue weighted by Gasteiger charge is -2.38. The van der Waals surface area contributed by atoms with Crippen LogP contribution in [0.15, 0.2) is 0 Å². The average molecular weight is 185 g/mol. The molecule has 2 fully saturated rings. The third-order valence-corrected chi connectivity index (χ3v) is 3.13. The van der Waals surface area contributed by atoms with Crippen LogP contribution in [0.3, 0.4) is 0 Å². The highest BCUT2D eigenvalue weighted by atomic mass is 16.5. The van der Waals surface area contributed by atoms with Crippen molar-refractivity contribution in [2.45, 2.75) is 43.7 Å². The van der Waals surface area contributed by atoms with E-state index in [1.807, 2.05) is 0 Å². The minimum absolute atomic E-state index is 0.189. The Labute approximate surface area is 79.5 Å². The first-order valence-electron chi connectivity index (χ1n) is 5.31. The molecular weight excluding hydrogens is 166 g/mol. The number of hydrogen-bond donors (Lipinski definition) is 2. The predicted molar refractivity (Wildman–Crippen MR) is 50.6 cm³/mol. The molecule has 13 heavy (non-hydrogen) atoms. The van der Waals surface area contributed by atoms with Crippen molar-refractivity contribution in [1.82, 2.24) is 5.32 Å². The summed E-state index contributed by atoms with van der Waals surface area (Å²) >= 11 is 0. The largest absolute Gasteiger partial charge is 0.396 e. The van der Waals surface area contributed by atoms with Gasteiger partial charge in [0.1, 0.15) is 0 Å². The molecule has 2 aliphatic rings. The SMILES string of the molecule is OCCC1(NC2CC2)CCOCC1. The summed E-state index contributed by atoms with van der Waals surface area (Å²) in [5.74, 6) is 0. The van der Waals surface area contributed by atoms with E-state index in [2.05, 4.69) is 5.32 Å². The van der Waals surface area contributed by atoms with Crippen molar-refractivity contribution in [1.29, 1.82) is 0 Å². The van der Waals surface area contributed by atoms with Gasteiger partial charge in [0.05, 0.1) is 0 Å². The molecule has 0 radical (unpaired) electrons. The maximum absolute atomic E-state index is 9.04. The average Bonchev–Trinajstić information content (AvgIpc) is 2.90. The maximum Gasteiger partial charge on any atom is 0.0483 e. The van der Waals surface area contributed by atoms with Gasteiger partial charge < -0.3 is 15.2 Å². The van der Waals surface area contributed by atoms with Crippen molar-refractivity contribution >= 4 is 0 Å². The van der Waals surface area contributed by atoms with Gasteiger partial charge in [0.25, 0.3) is 0 Å². The molecule has 0 spiro atoms. The molecule has 1 saturated carbocycles. The first-order valence-corrected chi connectivity index (χ1v) is 5.31. The van der Waals surface area contributed by atoms with Crippen molar-refractivity contribution in [3.63, 3.8) is 0 Å². The van der Waals surface area contributed by atoms with Gasteiger partial charge in [-0.3, -0.25) is 0 Å². The fraction of sp³-hybridized carbons (Fsp3) is 1.00. The smallest absolute Gasteiger partial charge is 0.0483 e. The van der Waals surface area contributed by atoms with Gasteiger partial charge in [-0.15, -0.1) is 0 Å². The van der Waals surface area contributed by atoms with Crippen LogP contribution in [0.4, 0.5) is 0 Å². The highest BCUT2D eigenvalue weighted by Crippen LogP contribution is 2.30. The summed E-state index contributed by atoms with van der Waals surface area (Å²) in [7, 11) is 0. The molecule has 1 heterocycles. The molecule has 0 aromatic heterocycles. The van der Waals surface area contributed by atoms with Gasteiger partial charge in [-0.1, -0.05) is 0 Å². The predicted octanol–water partition coefficient (Wildman–Crippen LogP) is 0.670. The van der Waals surface area contributed by atoms with E-state index in [1.165, 1.54) is 12.8 Å². The molecular formula is C10H19NO2. The van der Waals surface area contributed by atoms with E-state index >= 15 is 0 Å². The molecule has 3 nitrogen and oxygen atoms in total. The first kappa shape index (κ1) is 9.44. The summed E-state index contributed by atoms with van der Waals surface area (Å²) in [5.41, 5.74) is 0.189. The highest BCUT2D eigenvalue weighted by molar-refractivity contribution is 4.96. The molecule has 0 aromatic carbocycles. The van der Waals surface area contributed by atoms with Crippen molar-refractivity contribution < 1.29 is 9.84 Å². The Bertz CT molecular complexity index is 157. The molecule has 3 heteroatoms. The number of aliphatic hydroxyl groups is 1. The second-order valence-electron chi connectivity index (χ2n) is 4.28. The summed E-state index contributed by atoms with van der Waals surface area (Å²) in [6, 6.07) is 0.727. The molecule has 0 atom stereocenters. The second kappa shape index (κ2) is 3.95. The van der Waals surface area contributed by atoms with E-state index in [-0.39, 0.29) is 5.54 Å². The lowest BCUT2D eigenvalue weighted by molar-refractivity contribution is 0.0267. The lowest BCUT2D eigenvalue weighted by atomic mass is 9.87. The number of rotatable bonds is 4. The van der Waals surface area contributed by atoms with Crippen molar-refractivity contribution in [2.24, 2.45) is 0 Å². The van der Waals surface area contributed by atoms with Crippen molar-refractivity contribution in [2.75, 3.05) is 19.8 Å². The summed E-state index contributed by atoms with van der Waals surface area (Å²) in [6.07, 6.45) is 5.63. The molecule has 1 aliphatic heterocycles. The highest BCUT2D eigenvalue weighted by Gasteiger charge is 2.36. The zero-order chi connectivity index (χ0) is 9.15. The summed E-state index contributed by atoms with van der Waals surface area (Å²) in [5, 5.41) is 12.7. The third-order valence-electron chi connectivity index (χ3n) is 3.13. The van der Waals surface area contributed by atoms with E-state index in [0.717, 1.165) is 38.5 Å². The van der Waals surface area contributed by atoms with Crippen LogP contribution in [0.2, 0.25) is 0 Å². The molecule has 0 bridgehead atoms. The number of hydrogen-bond acceptors (Lipinski definition) is 3. The van der Waals surface area contributed by atoms with E-state index in [9.17, 15) is 0 Å². The standard InChI is InChI=1S/C10H19NO2/c12-6-3-10(11-9-1-2-9)4-7-13-8-5-10/h9,11-12H,1-8H2. The van der Waals surface area contributed by atoms with Crippen molar-refractivity contribution in [3.8, 4) is 0 Å². The maximum atomic E-state index is 9.04. The molecule has 2 rings (SSSR count). The first-order chi connectivity index (χ1) is 6.35. The van der Waals surface area contributed by atoms with Gasteiger partial charge in [-0.25, -0.2) is 0 Å². The molecule has 1 aliphatic carbocycles. The molecule has 1 saturated heterocycles. The topological polar surface area (TPSA) is 41.5 Å².